The molecule has 0 saturated heterocycles. The Morgan fingerprint density at radius 3 is 3.00 bits per heavy atom. The number of nitrogens with two attached hydrogens (primary N) is 1. The van der Waals surface area contributed by atoms with Gasteiger partial charge < -0.3 is 14.8 Å². The molecular formula is C15H22N4O. The molecule has 108 valence electrons. The maximum atomic E-state index is 6.34. The molecule has 0 radical (unpaired) electrons. The van der Waals surface area contributed by atoms with Crippen LogP contribution < -0.4 is 5.73 Å². The van der Waals surface area contributed by atoms with E-state index in [0.717, 1.165) is 31.6 Å². The zero-order chi connectivity index (χ0) is 14.3. The smallest absolute Gasteiger partial charge is 0.213 e. The molecule has 5 heteroatoms. The van der Waals surface area contributed by atoms with Gasteiger partial charge in [-0.15, -0.1) is 0 Å². The van der Waals surface area contributed by atoms with E-state index >= 15 is 0 Å². The number of aryl methyl sites for hydroxylation is 2. The van der Waals surface area contributed by atoms with Gasteiger partial charge in [-0.25, -0.2) is 0 Å². The van der Waals surface area contributed by atoms with Crippen LogP contribution in [-0.2, 0) is 19.4 Å². The predicted molar refractivity (Wildman–Crippen MR) is 76.2 cm³/mol. The van der Waals surface area contributed by atoms with Gasteiger partial charge in [-0.05, 0) is 36.8 Å². The monoisotopic (exact) mass is 274 g/mol. The van der Waals surface area contributed by atoms with Crippen molar-refractivity contribution in [1.29, 1.82) is 0 Å². The van der Waals surface area contributed by atoms with Crippen molar-refractivity contribution in [3.05, 3.63) is 35.2 Å². The second-order valence-electron chi connectivity index (χ2n) is 6.59. The SMILES string of the molecule is Cc1cc2c(n1CCc1ncon1)CC(C)(C)CC2N. The molecule has 1 atom stereocenters. The van der Waals surface area contributed by atoms with Gasteiger partial charge in [0.15, 0.2) is 5.82 Å². The van der Waals surface area contributed by atoms with Crippen LogP contribution in [0.4, 0.5) is 0 Å². The van der Waals surface area contributed by atoms with Crippen LogP contribution in [0.5, 0.6) is 0 Å². The molecule has 0 saturated carbocycles. The number of hydrogen-bond donors (Lipinski definition) is 1. The lowest BCUT2D eigenvalue weighted by Crippen LogP contribution is -2.30. The highest BCUT2D eigenvalue weighted by atomic mass is 16.5. The van der Waals surface area contributed by atoms with Gasteiger partial charge in [-0.2, -0.15) is 4.98 Å². The predicted octanol–water partition coefficient (Wildman–Crippen LogP) is 2.39. The van der Waals surface area contributed by atoms with Gasteiger partial charge in [0.25, 0.3) is 0 Å². The van der Waals surface area contributed by atoms with E-state index in [9.17, 15) is 0 Å². The molecule has 0 amide bonds. The highest BCUT2D eigenvalue weighted by molar-refractivity contribution is 5.34. The molecule has 1 unspecified atom stereocenters. The Hall–Kier alpha value is -1.62. The first-order valence-electron chi connectivity index (χ1n) is 7.16. The zero-order valence-corrected chi connectivity index (χ0v) is 12.4. The normalized spacial score (nSPS) is 20.9. The molecule has 2 heterocycles. The summed E-state index contributed by atoms with van der Waals surface area (Å²) >= 11 is 0. The topological polar surface area (TPSA) is 69.9 Å². The summed E-state index contributed by atoms with van der Waals surface area (Å²) in [5, 5.41) is 3.88. The fourth-order valence-electron chi connectivity index (χ4n) is 3.33. The number of aromatic nitrogens is 3. The van der Waals surface area contributed by atoms with Crippen molar-refractivity contribution >= 4 is 0 Å². The Kier molecular flexibility index (Phi) is 3.17. The summed E-state index contributed by atoms with van der Waals surface area (Å²) in [5.41, 5.74) is 10.6. The summed E-state index contributed by atoms with van der Waals surface area (Å²) in [6, 6.07) is 2.39. The van der Waals surface area contributed by atoms with E-state index in [1.165, 1.54) is 23.3 Å². The van der Waals surface area contributed by atoms with Crippen LogP contribution in [0.3, 0.4) is 0 Å². The Morgan fingerprint density at radius 2 is 2.30 bits per heavy atom. The van der Waals surface area contributed by atoms with Gasteiger partial charge in [0, 0.05) is 30.4 Å². The van der Waals surface area contributed by atoms with Crippen molar-refractivity contribution in [2.45, 2.75) is 52.6 Å². The molecule has 3 rings (SSSR count). The lowest BCUT2D eigenvalue weighted by atomic mass is 9.74. The minimum atomic E-state index is 0.152. The molecule has 0 spiro atoms. The zero-order valence-electron chi connectivity index (χ0n) is 12.4. The van der Waals surface area contributed by atoms with Gasteiger partial charge in [0.05, 0.1) is 0 Å². The first-order valence-corrected chi connectivity index (χ1v) is 7.16. The Labute approximate surface area is 119 Å². The maximum Gasteiger partial charge on any atom is 0.213 e. The Balaban J connectivity index is 1.88. The van der Waals surface area contributed by atoms with E-state index in [0.29, 0.717) is 0 Å². The molecule has 0 bridgehead atoms. The van der Waals surface area contributed by atoms with Crippen molar-refractivity contribution < 1.29 is 4.52 Å². The van der Waals surface area contributed by atoms with Crippen molar-refractivity contribution in [3.63, 3.8) is 0 Å². The van der Waals surface area contributed by atoms with Crippen molar-refractivity contribution in [2.75, 3.05) is 0 Å². The molecule has 5 nitrogen and oxygen atoms in total. The molecule has 2 aromatic rings. The summed E-state index contributed by atoms with van der Waals surface area (Å²) in [4.78, 5) is 4.09. The first-order chi connectivity index (χ1) is 9.46. The highest BCUT2D eigenvalue weighted by Gasteiger charge is 2.33. The van der Waals surface area contributed by atoms with E-state index in [1.54, 1.807) is 0 Å². The molecule has 2 aromatic heterocycles. The molecule has 0 fully saturated rings. The van der Waals surface area contributed by atoms with Crippen LogP contribution in [0.2, 0.25) is 0 Å². The average Bonchev–Trinajstić information content (AvgIpc) is 2.94. The fraction of sp³-hybridized carbons (Fsp3) is 0.600. The molecule has 0 aromatic carbocycles. The van der Waals surface area contributed by atoms with Crippen LogP contribution in [0.15, 0.2) is 17.0 Å². The van der Waals surface area contributed by atoms with Crippen molar-refractivity contribution in [2.24, 2.45) is 11.1 Å². The fourth-order valence-corrected chi connectivity index (χ4v) is 3.33. The molecule has 2 N–H and O–H groups in total. The summed E-state index contributed by atoms with van der Waals surface area (Å²) in [6.45, 7) is 7.61. The third kappa shape index (κ3) is 2.38. The quantitative estimate of drug-likeness (QED) is 0.933. The number of nitrogens with zero attached hydrogens (tertiary/aromatic N) is 3. The van der Waals surface area contributed by atoms with Crippen LogP contribution in [-0.4, -0.2) is 14.7 Å². The van der Waals surface area contributed by atoms with Crippen LogP contribution in [0.1, 0.15) is 49.1 Å². The van der Waals surface area contributed by atoms with Crippen LogP contribution in [0.25, 0.3) is 0 Å². The van der Waals surface area contributed by atoms with E-state index < -0.39 is 0 Å². The largest absolute Gasteiger partial charge is 0.348 e. The highest BCUT2D eigenvalue weighted by Crippen LogP contribution is 2.40. The van der Waals surface area contributed by atoms with Crippen LogP contribution in [0, 0.1) is 12.3 Å². The number of rotatable bonds is 3. The van der Waals surface area contributed by atoms with Gasteiger partial charge in [0.1, 0.15) is 0 Å². The van der Waals surface area contributed by atoms with E-state index in [-0.39, 0.29) is 11.5 Å². The van der Waals surface area contributed by atoms with Gasteiger partial charge >= 0.3 is 0 Å². The minimum absolute atomic E-state index is 0.152. The molecule has 1 aliphatic rings. The Bertz CT molecular complexity index is 598. The minimum Gasteiger partial charge on any atom is -0.348 e. The Morgan fingerprint density at radius 1 is 1.50 bits per heavy atom. The second kappa shape index (κ2) is 4.74. The summed E-state index contributed by atoms with van der Waals surface area (Å²) in [5.74, 6) is 0.756. The first kappa shape index (κ1) is 13.4. The summed E-state index contributed by atoms with van der Waals surface area (Å²) in [7, 11) is 0. The molecule has 1 aliphatic carbocycles. The summed E-state index contributed by atoms with van der Waals surface area (Å²) in [6.07, 6.45) is 4.30. The number of fused-ring (bicyclic) bond motifs is 1. The van der Waals surface area contributed by atoms with Gasteiger partial charge in [-0.1, -0.05) is 19.0 Å². The lowest BCUT2D eigenvalue weighted by molar-refractivity contribution is 0.275. The molecular weight excluding hydrogens is 252 g/mol. The lowest BCUT2D eigenvalue weighted by Gasteiger charge is -2.34. The third-order valence-corrected chi connectivity index (χ3v) is 4.23. The average molecular weight is 274 g/mol. The van der Waals surface area contributed by atoms with Crippen molar-refractivity contribution in [3.8, 4) is 0 Å². The van der Waals surface area contributed by atoms with Crippen molar-refractivity contribution in [1.82, 2.24) is 14.7 Å². The van der Waals surface area contributed by atoms with E-state index in [2.05, 4.69) is 41.5 Å². The van der Waals surface area contributed by atoms with E-state index in [4.69, 9.17) is 10.3 Å². The molecule has 0 aliphatic heterocycles. The van der Waals surface area contributed by atoms with Gasteiger partial charge in [0.2, 0.25) is 6.39 Å². The summed E-state index contributed by atoms with van der Waals surface area (Å²) < 4.78 is 7.15. The third-order valence-electron chi connectivity index (χ3n) is 4.23. The number of hydrogen-bond acceptors (Lipinski definition) is 4. The van der Waals surface area contributed by atoms with Crippen LogP contribution >= 0.6 is 0 Å². The van der Waals surface area contributed by atoms with E-state index in [1.807, 2.05) is 0 Å². The van der Waals surface area contributed by atoms with Gasteiger partial charge in [-0.3, -0.25) is 0 Å². The maximum absolute atomic E-state index is 6.34. The second-order valence-corrected chi connectivity index (χ2v) is 6.59. The standard InChI is InChI=1S/C15H22N4O/c1-10-6-11-12(16)7-15(2,3)8-13(11)19(10)5-4-14-17-9-20-18-14/h6,9,12H,4-5,7-8,16H2,1-3H3. The molecule has 20 heavy (non-hydrogen) atoms.